The van der Waals surface area contributed by atoms with Crippen molar-refractivity contribution in [3.05, 3.63) is 46.5 Å². The molecule has 1 fully saturated rings. The number of rotatable bonds is 7. The molecule has 1 aliphatic rings. The second-order valence-corrected chi connectivity index (χ2v) is 9.80. The van der Waals surface area contributed by atoms with Crippen LogP contribution < -0.4 is 10.0 Å². The van der Waals surface area contributed by atoms with Gasteiger partial charge in [0.25, 0.3) is 5.91 Å². The highest BCUT2D eigenvalue weighted by Crippen LogP contribution is 2.26. The lowest BCUT2D eigenvalue weighted by atomic mass is 10.1. The molecule has 0 radical (unpaired) electrons. The Morgan fingerprint density at radius 1 is 1.09 bits per heavy atom. The van der Waals surface area contributed by atoms with E-state index in [4.69, 9.17) is 0 Å². The molecular formula is C22H29FN4O4S. The molecule has 1 saturated heterocycles. The van der Waals surface area contributed by atoms with Crippen LogP contribution in [-0.2, 0) is 14.8 Å². The minimum atomic E-state index is -4.03. The maximum atomic E-state index is 13.6. The predicted octanol–water partition coefficient (Wildman–Crippen LogP) is 3.01. The van der Waals surface area contributed by atoms with Crippen molar-refractivity contribution in [2.75, 3.05) is 25.0 Å². The van der Waals surface area contributed by atoms with Crippen LogP contribution in [0.4, 0.5) is 10.1 Å². The number of amides is 2. The lowest BCUT2D eigenvalue weighted by Crippen LogP contribution is -2.37. The molecule has 1 aromatic heterocycles. The molecule has 1 aliphatic heterocycles. The molecule has 174 valence electrons. The minimum Gasteiger partial charge on any atom is -0.361 e. The fraction of sp³-hybridized carbons (Fsp3) is 0.455. The van der Waals surface area contributed by atoms with Gasteiger partial charge in [0.15, 0.2) is 0 Å². The average Bonchev–Trinajstić information content (AvgIpc) is 3.05. The van der Waals surface area contributed by atoms with E-state index < -0.39 is 21.7 Å². The van der Waals surface area contributed by atoms with Crippen LogP contribution in [0.15, 0.2) is 23.1 Å². The van der Waals surface area contributed by atoms with Gasteiger partial charge in [-0.1, -0.05) is 6.07 Å². The highest BCUT2D eigenvalue weighted by Gasteiger charge is 2.31. The Morgan fingerprint density at radius 3 is 2.44 bits per heavy atom. The number of anilines is 1. The topological polar surface area (TPSA) is 111 Å². The van der Waals surface area contributed by atoms with Crippen LogP contribution in [0.3, 0.4) is 0 Å². The maximum Gasteiger partial charge on any atom is 0.257 e. The molecule has 2 amide bonds. The van der Waals surface area contributed by atoms with Crippen LogP contribution in [-0.4, -0.2) is 49.8 Å². The lowest BCUT2D eigenvalue weighted by molar-refractivity contribution is -0.116. The number of nitrogens with one attached hydrogen (secondary N) is 3. The van der Waals surface area contributed by atoms with Gasteiger partial charge >= 0.3 is 0 Å². The van der Waals surface area contributed by atoms with Crippen LogP contribution >= 0.6 is 0 Å². The first-order valence-electron chi connectivity index (χ1n) is 10.6. The number of benzene rings is 1. The average molecular weight is 465 g/mol. The van der Waals surface area contributed by atoms with Gasteiger partial charge in [-0.2, -0.15) is 0 Å². The third-order valence-corrected chi connectivity index (χ3v) is 7.18. The van der Waals surface area contributed by atoms with Crippen molar-refractivity contribution >= 4 is 27.5 Å². The smallest absolute Gasteiger partial charge is 0.257 e. The molecule has 3 rings (SSSR count). The predicted molar refractivity (Wildman–Crippen MR) is 120 cm³/mol. The molecule has 2 aromatic rings. The van der Waals surface area contributed by atoms with E-state index in [0.717, 1.165) is 19.3 Å². The number of halogens is 1. The summed E-state index contributed by atoms with van der Waals surface area (Å²) < 4.78 is 42.1. The Labute approximate surface area is 187 Å². The Kier molecular flexibility index (Phi) is 7.35. The van der Waals surface area contributed by atoms with Gasteiger partial charge in [-0.25, -0.2) is 17.5 Å². The highest BCUT2D eigenvalue weighted by atomic mass is 32.2. The van der Waals surface area contributed by atoms with Gasteiger partial charge in [-0.3, -0.25) is 9.59 Å². The van der Waals surface area contributed by atoms with Crippen LogP contribution in [0.1, 0.15) is 53.0 Å². The van der Waals surface area contributed by atoms with Gasteiger partial charge in [-0.15, -0.1) is 0 Å². The summed E-state index contributed by atoms with van der Waals surface area (Å²) in [6.07, 6.45) is 2.70. The fourth-order valence-electron chi connectivity index (χ4n) is 3.87. The van der Waals surface area contributed by atoms with Gasteiger partial charge < -0.3 is 15.2 Å². The number of aromatic nitrogens is 1. The number of piperidine rings is 1. The monoisotopic (exact) mass is 464 g/mol. The van der Waals surface area contributed by atoms with Crippen molar-refractivity contribution in [3.8, 4) is 0 Å². The quantitative estimate of drug-likeness (QED) is 0.585. The highest BCUT2D eigenvalue weighted by molar-refractivity contribution is 7.89. The SMILES string of the molecule is Cc1ccc(NC(=O)CCNS(=O)(=O)c2c(C)[nH]c(C)c2C(=O)N2CCCCC2)cc1F. The van der Waals surface area contributed by atoms with Gasteiger partial charge in [0.2, 0.25) is 15.9 Å². The van der Waals surface area contributed by atoms with E-state index in [1.54, 1.807) is 37.8 Å². The summed E-state index contributed by atoms with van der Waals surface area (Å²) >= 11 is 0. The summed E-state index contributed by atoms with van der Waals surface area (Å²) in [7, 11) is -4.03. The molecule has 0 aliphatic carbocycles. The fourth-order valence-corrected chi connectivity index (χ4v) is 5.35. The van der Waals surface area contributed by atoms with E-state index in [2.05, 4.69) is 15.0 Å². The maximum absolute atomic E-state index is 13.6. The van der Waals surface area contributed by atoms with Crippen LogP contribution in [0, 0.1) is 26.6 Å². The molecule has 10 heteroatoms. The van der Waals surface area contributed by atoms with Crippen molar-refractivity contribution in [3.63, 3.8) is 0 Å². The third kappa shape index (κ3) is 5.36. The summed E-state index contributed by atoms with van der Waals surface area (Å²) in [6.45, 7) is 5.95. The van der Waals surface area contributed by atoms with Crippen molar-refractivity contribution < 1.29 is 22.4 Å². The molecule has 0 saturated carbocycles. The number of nitrogens with zero attached hydrogens (tertiary/aromatic N) is 1. The molecule has 0 spiro atoms. The number of hydrogen-bond donors (Lipinski definition) is 3. The number of aryl methyl sites for hydroxylation is 3. The van der Waals surface area contributed by atoms with E-state index in [1.165, 1.54) is 6.07 Å². The van der Waals surface area contributed by atoms with E-state index in [-0.39, 0.29) is 29.3 Å². The van der Waals surface area contributed by atoms with Crippen molar-refractivity contribution in [1.29, 1.82) is 0 Å². The van der Waals surface area contributed by atoms with Gasteiger partial charge in [-0.05, 0) is 57.7 Å². The summed E-state index contributed by atoms with van der Waals surface area (Å²) in [5, 5.41) is 2.54. The zero-order valence-electron chi connectivity index (χ0n) is 18.5. The zero-order valence-corrected chi connectivity index (χ0v) is 19.4. The molecule has 0 atom stereocenters. The normalized spacial score (nSPS) is 14.4. The first-order valence-corrected chi connectivity index (χ1v) is 12.1. The molecule has 0 unspecified atom stereocenters. The van der Waals surface area contributed by atoms with Crippen molar-refractivity contribution in [2.24, 2.45) is 0 Å². The summed E-state index contributed by atoms with van der Waals surface area (Å²) in [6, 6.07) is 4.33. The zero-order chi connectivity index (χ0) is 23.5. The largest absolute Gasteiger partial charge is 0.361 e. The minimum absolute atomic E-state index is 0.0772. The van der Waals surface area contributed by atoms with Gasteiger partial charge in [0.05, 0.1) is 5.56 Å². The molecule has 0 bridgehead atoms. The molecule has 1 aromatic carbocycles. The number of aromatic amines is 1. The summed E-state index contributed by atoms with van der Waals surface area (Å²) in [4.78, 5) is 29.8. The standard InChI is InChI=1S/C22H29FN4O4S/c1-14-7-8-17(13-18(14)23)26-19(28)9-10-24-32(30,31)21-16(3)25-15(2)20(21)22(29)27-11-5-4-6-12-27/h7-8,13,24-25H,4-6,9-12H2,1-3H3,(H,26,28). The van der Waals surface area contributed by atoms with Crippen molar-refractivity contribution in [2.45, 2.75) is 51.3 Å². The number of carbonyl (C=O) groups is 2. The lowest BCUT2D eigenvalue weighted by Gasteiger charge is -2.27. The van der Waals surface area contributed by atoms with Gasteiger partial charge in [0.1, 0.15) is 10.7 Å². The van der Waals surface area contributed by atoms with E-state index in [0.29, 0.717) is 35.7 Å². The second kappa shape index (κ2) is 9.83. The summed E-state index contributed by atoms with van der Waals surface area (Å²) in [5.74, 6) is -1.19. The van der Waals surface area contributed by atoms with Gasteiger partial charge in [0, 0.05) is 43.1 Å². The Hall–Kier alpha value is -2.72. The molecule has 2 heterocycles. The number of sulfonamides is 1. The Bertz CT molecular complexity index is 1120. The second-order valence-electron chi connectivity index (χ2n) is 8.09. The first-order chi connectivity index (χ1) is 15.1. The first kappa shape index (κ1) is 23.9. The van der Waals surface area contributed by atoms with Crippen LogP contribution in [0.5, 0.6) is 0 Å². The number of carbonyl (C=O) groups excluding carboxylic acids is 2. The molecule has 3 N–H and O–H groups in total. The molecule has 32 heavy (non-hydrogen) atoms. The van der Waals surface area contributed by atoms with E-state index in [9.17, 15) is 22.4 Å². The van der Waals surface area contributed by atoms with E-state index in [1.807, 2.05) is 0 Å². The van der Waals surface area contributed by atoms with Crippen molar-refractivity contribution in [1.82, 2.24) is 14.6 Å². The Morgan fingerprint density at radius 2 is 1.78 bits per heavy atom. The number of H-pyrrole nitrogens is 1. The molecule has 8 nitrogen and oxygen atoms in total. The third-order valence-electron chi connectivity index (χ3n) is 5.54. The van der Waals surface area contributed by atoms with Crippen LogP contribution in [0.25, 0.3) is 0 Å². The number of hydrogen-bond acceptors (Lipinski definition) is 4. The van der Waals surface area contributed by atoms with Crippen LogP contribution in [0.2, 0.25) is 0 Å². The van der Waals surface area contributed by atoms with E-state index >= 15 is 0 Å². The number of likely N-dealkylation sites (tertiary alicyclic amines) is 1. The molecular weight excluding hydrogens is 435 g/mol. The Balaban J connectivity index is 1.68. The summed E-state index contributed by atoms with van der Waals surface area (Å²) in [5.41, 5.74) is 1.78.